The maximum atomic E-state index is 14.3. The van der Waals surface area contributed by atoms with E-state index in [-0.39, 0.29) is 18.3 Å². The molecule has 4 nitrogen and oxygen atoms in total. The summed E-state index contributed by atoms with van der Waals surface area (Å²) in [6.45, 7) is 2.76. The lowest BCUT2D eigenvalue weighted by Crippen LogP contribution is -2.52. The largest absolute Gasteiger partial charge is 0.360 e. The third-order valence-corrected chi connectivity index (χ3v) is 5.27. The first-order chi connectivity index (χ1) is 11.5. The van der Waals surface area contributed by atoms with Crippen LogP contribution in [0.1, 0.15) is 49.7 Å². The van der Waals surface area contributed by atoms with Gasteiger partial charge < -0.3 is 10.2 Å². The van der Waals surface area contributed by atoms with E-state index >= 15 is 0 Å². The van der Waals surface area contributed by atoms with Crippen molar-refractivity contribution in [2.45, 2.75) is 57.4 Å². The first-order valence-electron chi connectivity index (χ1n) is 8.80. The molecular weight excluding hydrogens is 305 g/mol. The number of nitriles is 1. The average molecular weight is 329 g/mol. The molecule has 1 aliphatic carbocycles. The second kappa shape index (κ2) is 6.80. The number of hydrogen-bond acceptors (Lipinski definition) is 3. The standard InChI is InChI=1S/C19H24FN3O/c1-14-7-8-16(20)18-15(14)6-5-11-23(18)12-17(24)22-19(13-21)9-3-2-4-10-19/h7-8H,2-6,9-12H2,1H3,(H,22,24). The smallest absolute Gasteiger partial charge is 0.240 e. The van der Waals surface area contributed by atoms with Crippen LogP contribution < -0.4 is 10.2 Å². The van der Waals surface area contributed by atoms with Crippen molar-refractivity contribution in [2.24, 2.45) is 0 Å². The summed E-state index contributed by atoms with van der Waals surface area (Å²) < 4.78 is 14.3. The minimum atomic E-state index is -0.737. The Kier molecular flexibility index (Phi) is 4.75. The maximum absolute atomic E-state index is 14.3. The van der Waals surface area contributed by atoms with Crippen molar-refractivity contribution in [3.8, 4) is 6.07 Å². The van der Waals surface area contributed by atoms with Crippen LogP contribution in [0.2, 0.25) is 0 Å². The number of benzene rings is 1. The second-order valence-electron chi connectivity index (χ2n) is 7.02. The van der Waals surface area contributed by atoms with Crippen LogP contribution in [0.25, 0.3) is 0 Å². The van der Waals surface area contributed by atoms with E-state index in [0.29, 0.717) is 25.1 Å². The highest BCUT2D eigenvalue weighted by Gasteiger charge is 2.34. The maximum Gasteiger partial charge on any atom is 0.240 e. The van der Waals surface area contributed by atoms with Crippen molar-refractivity contribution in [1.29, 1.82) is 5.26 Å². The first kappa shape index (κ1) is 16.8. The Hall–Kier alpha value is -2.09. The lowest BCUT2D eigenvalue weighted by molar-refractivity contribution is -0.121. The molecular formula is C19H24FN3O. The van der Waals surface area contributed by atoms with Crippen LogP contribution in [0.4, 0.5) is 10.1 Å². The number of anilines is 1. The molecule has 1 aromatic carbocycles. The van der Waals surface area contributed by atoms with Gasteiger partial charge in [0.15, 0.2) is 0 Å². The van der Waals surface area contributed by atoms with E-state index in [2.05, 4.69) is 11.4 Å². The summed E-state index contributed by atoms with van der Waals surface area (Å²) >= 11 is 0. The van der Waals surface area contributed by atoms with Gasteiger partial charge in [0.2, 0.25) is 5.91 Å². The van der Waals surface area contributed by atoms with E-state index in [9.17, 15) is 14.4 Å². The number of halogens is 1. The second-order valence-corrected chi connectivity index (χ2v) is 7.02. The highest BCUT2D eigenvalue weighted by molar-refractivity contribution is 5.83. The summed E-state index contributed by atoms with van der Waals surface area (Å²) in [5.74, 6) is -0.456. The predicted octanol–water partition coefficient (Wildman–Crippen LogP) is 3.23. The third kappa shape index (κ3) is 3.24. The Morgan fingerprint density at radius 2 is 2.08 bits per heavy atom. The van der Waals surface area contributed by atoms with Gasteiger partial charge in [-0.2, -0.15) is 5.26 Å². The average Bonchev–Trinajstić information content (AvgIpc) is 2.59. The fourth-order valence-electron chi connectivity index (χ4n) is 3.98. The number of rotatable bonds is 3. The van der Waals surface area contributed by atoms with E-state index in [0.717, 1.165) is 43.2 Å². The van der Waals surface area contributed by atoms with Gasteiger partial charge in [0.1, 0.15) is 11.4 Å². The van der Waals surface area contributed by atoms with Crippen LogP contribution in [0.5, 0.6) is 0 Å². The molecule has 1 aromatic rings. The van der Waals surface area contributed by atoms with E-state index < -0.39 is 5.54 Å². The SMILES string of the molecule is Cc1ccc(F)c2c1CCCN2CC(=O)NC1(C#N)CCCCC1. The highest BCUT2D eigenvalue weighted by atomic mass is 19.1. The van der Waals surface area contributed by atoms with Gasteiger partial charge in [0.25, 0.3) is 0 Å². The van der Waals surface area contributed by atoms with Gasteiger partial charge in [-0.25, -0.2) is 4.39 Å². The molecule has 1 aliphatic heterocycles. The number of carbonyl (C=O) groups excluding carboxylic acids is 1. The minimum absolute atomic E-state index is 0.108. The fraction of sp³-hybridized carbons (Fsp3) is 0.579. The van der Waals surface area contributed by atoms with Gasteiger partial charge in [-0.3, -0.25) is 4.79 Å². The van der Waals surface area contributed by atoms with Gasteiger partial charge in [-0.15, -0.1) is 0 Å². The number of nitrogens with one attached hydrogen (secondary N) is 1. The number of hydrogen-bond donors (Lipinski definition) is 1. The molecule has 1 fully saturated rings. The molecule has 3 rings (SSSR count). The highest BCUT2D eigenvalue weighted by Crippen LogP contribution is 2.32. The Morgan fingerprint density at radius 1 is 1.33 bits per heavy atom. The molecule has 1 amide bonds. The molecule has 0 atom stereocenters. The van der Waals surface area contributed by atoms with E-state index in [1.807, 2.05) is 11.8 Å². The van der Waals surface area contributed by atoms with E-state index in [4.69, 9.17) is 0 Å². The number of nitrogens with zero attached hydrogens (tertiary/aromatic N) is 2. The van der Waals surface area contributed by atoms with Crippen LogP contribution in [-0.4, -0.2) is 24.5 Å². The van der Waals surface area contributed by atoms with Crippen LogP contribution in [0.3, 0.4) is 0 Å². The lowest BCUT2D eigenvalue weighted by Gasteiger charge is -2.35. The minimum Gasteiger partial charge on any atom is -0.360 e. The van der Waals surface area contributed by atoms with E-state index in [1.54, 1.807) is 6.07 Å². The Morgan fingerprint density at radius 3 is 2.79 bits per heavy atom. The number of fused-ring (bicyclic) bond motifs is 1. The molecule has 24 heavy (non-hydrogen) atoms. The molecule has 0 radical (unpaired) electrons. The Labute approximate surface area is 142 Å². The zero-order chi connectivity index (χ0) is 17.2. The van der Waals surface area contributed by atoms with Crippen LogP contribution in [0.15, 0.2) is 12.1 Å². The van der Waals surface area contributed by atoms with Crippen molar-refractivity contribution in [3.05, 3.63) is 29.1 Å². The molecule has 0 saturated heterocycles. The predicted molar refractivity (Wildman–Crippen MR) is 91.2 cm³/mol. The zero-order valence-corrected chi connectivity index (χ0v) is 14.2. The Balaban J connectivity index is 1.75. The van der Waals surface area contributed by atoms with Gasteiger partial charge >= 0.3 is 0 Å². The van der Waals surface area contributed by atoms with Gasteiger partial charge in [0, 0.05) is 6.54 Å². The quantitative estimate of drug-likeness (QED) is 0.926. The van der Waals surface area contributed by atoms with Gasteiger partial charge in [0.05, 0.1) is 18.3 Å². The summed E-state index contributed by atoms with van der Waals surface area (Å²) in [7, 11) is 0. The molecule has 2 aliphatic rings. The zero-order valence-electron chi connectivity index (χ0n) is 14.2. The molecule has 1 saturated carbocycles. The molecule has 0 spiro atoms. The van der Waals surface area contributed by atoms with Gasteiger partial charge in [-0.1, -0.05) is 25.3 Å². The number of carbonyl (C=O) groups is 1. The molecule has 5 heteroatoms. The summed E-state index contributed by atoms with van der Waals surface area (Å²) in [6, 6.07) is 5.57. The van der Waals surface area contributed by atoms with Crippen LogP contribution >= 0.6 is 0 Å². The summed E-state index contributed by atoms with van der Waals surface area (Å²) in [6.07, 6.45) is 6.22. The number of amides is 1. The van der Waals surface area contributed by atoms with Crippen LogP contribution in [0, 0.1) is 24.1 Å². The Bertz CT molecular complexity index is 674. The summed E-state index contributed by atoms with van der Waals surface area (Å²) in [4.78, 5) is 14.3. The van der Waals surface area contributed by atoms with Crippen molar-refractivity contribution in [1.82, 2.24) is 5.32 Å². The molecule has 128 valence electrons. The summed E-state index contributed by atoms with van der Waals surface area (Å²) in [5.41, 5.74) is 1.89. The molecule has 1 heterocycles. The van der Waals surface area contributed by atoms with Crippen molar-refractivity contribution in [2.75, 3.05) is 18.0 Å². The third-order valence-electron chi connectivity index (χ3n) is 5.27. The van der Waals surface area contributed by atoms with Crippen molar-refractivity contribution < 1.29 is 9.18 Å². The topological polar surface area (TPSA) is 56.1 Å². The van der Waals surface area contributed by atoms with Crippen LogP contribution in [-0.2, 0) is 11.2 Å². The van der Waals surface area contributed by atoms with Gasteiger partial charge in [-0.05, 0) is 49.8 Å². The van der Waals surface area contributed by atoms with Crippen molar-refractivity contribution in [3.63, 3.8) is 0 Å². The lowest BCUT2D eigenvalue weighted by atomic mass is 9.83. The van der Waals surface area contributed by atoms with Crippen molar-refractivity contribution >= 4 is 11.6 Å². The molecule has 1 N–H and O–H groups in total. The van der Waals surface area contributed by atoms with E-state index in [1.165, 1.54) is 6.07 Å². The molecule has 0 unspecified atom stereocenters. The molecule has 0 aromatic heterocycles. The fourth-order valence-corrected chi connectivity index (χ4v) is 3.98. The first-order valence-corrected chi connectivity index (χ1v) is 8.80. The summed E-state index contributed by atoms with van der Waals surface area (Å²) in [5, 5.41) is 12.4. The number of aryl methyl sites for hydroxylation is 1. The normalized spacial score (nSPS) is 19.3. The molecule has 0 bridgehead atoms. The monoisotopic (exact) mass is 329 g/mol.